The zero-order chi connectivity index (χ0) is 26.8. The lowest BCUT2D eigenvalue weighted by molar-refractivity contribution is -0.143. The molecule has 0 spiro atoms. The lowest BCUT2D eigenvalue weighted by Crippen LogP contribution is -2.49. The zero-order valence-electron chi connectivity index (χ0n) is 20.8. The van der Waals surface area contributed by atoms with Gasteiger partial charge in [-0.15, -0.1) is 12.4 Å². The maximum Gasteiger partial charge on any atom is 0.416 e. The van der Waals surface area contributed by atoms with Crippen molar-refractivity contribution in [2.24, 2.45) is 5.92 Å². The highest BCUT2D eigenvalue weighted by Crippen LogP contribution is 2.39. The van der Waals surface area contributed by atoms with Gasteiger partial charge in [-0.05, 0) is 68.6 Å². The van der Waals surface area contributed by atoms with Crippen molar-refractivity contribution in [3.8, 4) is 0 Å². The molecule has 2 aromatic carbocycles. The lowest BCUT2D eigenvalue weighted by atomic mass is 9.86. The Morgan fingerprint density at radius 2 is 1.53 bits per heavy atom. The largest absolute Gasteiger partial charge is 0.416 e. The first-order valence-electron chi connectivity index (χ1n) is 12.4. The third-order valence-electron chi connectivity index (χ3n) is 7.24. The van der Waals surface area contributed by atoms with Crippen LogP contribution in [0.4, 0.5) is 26.3 Å². The second-order valence-corrected chi connectivity index (χ2v) is 9.77. The van der Waals surface area contributed by atoms with Gasteiger partial charge in [0.1, 0.15) is 0 Å². The molecule has 4 rings (SSSR count). The van der Waals surface area contributed by atoms with Crippen LogP contribution in [0.5, 0.6) is 0 Å². The fourth-order valence-electron chi connectivity index (χ4n) is 5.20. The first-order valence-corrected chi connectivity index (χ1v) is 12.4. The summed E-state index contributed by atoms with van der Waals surface area (Å²) in [6, 6.07) is 10.9. The van der Waals surface area contributed by atoms with Crippen molar-refractivity contribution in [1.82, 2.24) is 10.2 Å². The van der Waals surface area contributed by atoms with Crippen LogP contribution in [0.3, 0.4) is 0 Å². The minimum atomic E-state index is -4.93. The summed E-state index contributed by atoms with van der Waals surface area (Å²) in [5, 5.41) is 3.25. The fraction of sp³-hybridized carbons (Fsp3) is 0.519. The molecule has 4 nitrogen and oxygen atoms in total. The Morgan fingerprint density at radius 3 is 2.08 bits per heavy atom. The Kier molecular flexibility index (Phi) is 9.76. The number of hydrogen-bond acceptors (Lipinski definition) is 3. The molecular weight excluding hydrogens is 534 g/mol. The molecule has 0 saturated carbocycles. The maximum absolute atomic E-state index is 13.4. The van der Waals surface area contributed by atoms with Crippen molar-refractivity contribution in [2.45, 2.75) is 56.7 Å². The summed E-state index contributed by atoms with van der Waals surface area (Å²) in [6.45, 7) is 3.82. The summed E-state index contributed by atoms with van der Waals surface area (Å²) < 4.78 is 86.4. The third kappa shape index (κ3) is 7.21. The van der Waals surface area contributed by atoms with Crippen LogP contribution >= 0.6 is 12.4 Å². The number of alkyl halides is 6. The van der Waals surface area contributed by atoms with Crippen LogP contribution in [0.15, 0.2) is 48.5 Å². The number of carbonyl (C=O) groups excluding carboxylic acids is 1. The topological polar surface area (TPSA) is 41.6 Å². The first kappa shape index (κ1) is 30.2. The van der Waals surface area contributed by atoms with Crippen molar-refractivity contribution in [3.63, 3.8) is 0 Å². The van der Waals surface area contributed by atoms with Crippen molar-refractivity contribution < 1.29 is 35.9 Å². The van der Waals surface area contributed by atoms with Crippen LogP contribution in [-0.4, -0.2) is 43.1 Å². The number of likely N-dealkylation sites (tertiary alicyclic amines) is 1. The predicted octanol–water partition coefficient (Wildman–Crippen LogP) is 6.61. The van der Waals surface area contributed by atoms with Crippen molar-refractivity contribution in [2.75, 3.05) is 26.2 Å². The van der Waals surface area contributed by atoms with E-state index in [1.54, 1.807) is 0 Å². The normalized spacial score (nSPS) is 22.0. The third-order valence-corrected chi connectivity index (χ3v) is 7.24. The molecule has 38 heavy (non-hydrogen) atoms. The molecule has 11 heteroatoms. The Morgan fingerprint density at radius 1 is 0.947 bits per heavy atom. The van der Waals surface area contributed by atoms with E-state index < -0.39 is 35.7 Å². The van der Waals surface area contributed by atoms with Gasteiger partial charge in [0.15, 0.2) is 0 Å². The SMILES string of the molecule is CC(OC1CCN(C(=O)C2CCNCC2)CC1c1ccccc1)c1cc(C(F)(F)F)cc(C(F)(F)F)c1.Cl. The standard InChI is InChI=1S/C27H30F6N2O2.ClH/c1-17(20-13-21(26(28,29)30)15-22(14-20)27(31,32)33)37-24-9-12-35(25(36)19-7-10-34-11-8-19)16-23(24)18-5-3-2-4-6-18;/h2-6,13-15,17,19,23-24,34H,7-12,16H2,1H3;1H. The number of amides is 1. The molecule has 3 unspecified atom stereocenters. The molecule has 2 aliphatic rings. The number of ether oxygens (including phenoxy) is 1. The monoisotopic (exact) mass is 564 g/mol. The molecule has 210 valence electrons. The van der Waals surface area contributed by atoms with Crippen LogP contribution in [0.25, 0.3) is 0 Å². The molecule has 2 aliphatic heterocycles. The van der Waals surface area contributed by atoms with E-state index in [1.807, 2.05) is 35.2 Å². The molecule has 0 radical (unpaired) electrons. The number of hydrogen-bond donors (Lipinski definition) is 1. The summed E-state index contributed by atoms with van der Waals surface area (Å²) in [5.74, 6) is -0.238. The summed E-state index contributed by atoms with van der Waals surface area (Å²) >= 11 is 0. The van der Waals surface area contributed by atoms with Gasteiger partial charge in [-0.25, -0.2) is 0 Å². The molecule has 2 saturated heterocycles. The maximum atomic E-state index is 13.4. The molecule has 2 heterocycles. The summed E-state index contributed by atoms with van der Waals surface area (Å²) in [6.07, 6.45) is -9.42. The van der Waals surface area contributed by atoms with Gasteiger partial charge < -0.3 is 15.0 Å². The number of nitrogens with one attached hydrogen (secondary N) is 1. The average molecular weight is 565 g/mol. The quantitative estimate of drug-likeness (QED) is 0.416. The van der Waals surface area contributed by atoms with E-state index in [9.17, 15) is 31.1 Å². The van der Waals surface area contributed by atoms with Gasteiger partial charge in [0.25, 0.3) is 0 Å². The van der Waals surface area contributed by atoms with Crippen molar-refractivity contribution in [3.05, 3.63) is 70.8 Å². The number of halogens is 7. The lowest BCUT2D eigenvalue weighted by Gasteiger charge is -2.41. The van der Waals surface area contributed by atoms with Crippen LogP contribution < -0.4 is 5.32 Å². The van der Waals surface area contributed by atoms with Gasteiger partial charge in [-0.2, -0.15) is 26.3 Å². The highest BCUT2D eigenvalue weighted by molar-refractivity contribution is 5.85. The van der Waals surface area contributed by atoms with Gasteiger partial charge in [0.2, 0.25) is 5.91 Å². The number of carbonyl (C=O) groups is 1. The summed E-state index contributed by atoms with van der Waals surface area (Å²) in [5.41, 5.74) is -2.02. The second kappa shape index (κ2) is 12.3. The molecule has 1 amide bonds. The van der Waals surface area contributed by atoms with Crippen LogP contribution in [0.1, 0.15) is 60.5 Å². The van der Waals surface area contributed by atoms with E-state index in [-0.39, 0.29) is 41.8 Å². The summed E-state index contributed by atoms with van der Waals surface area (Å²) in [7, 11) is 0. The van der Waals surface area contributed by atoms with E-state index in [4.69, 9.17) is 4.74 Å². The smallest absolute Gasteiger partial charge is 0.370 e. The van der Waals surface area contributed by atoms with Crippen LogP contribution in [0.2, 0.25) is 0 Å². The molecule has 0 bridgehead atoms. The van der Waals surface area contributed by atoms with Crippen LogP contribution in [-0.2, 0) is 21.9 Å². The Balaban J connectivity index is 0.00000400. The first-order chi connectivity index (χ1) is 17.4. The highest BCUT2D eigenvalue weighted by Gasteiger charge is 2.39. The van der Waals surface area contributed by atoms with Gasteiger partial charge >= 0.3 is 12.4 Å². The predicted molar refractivity (Wildman–Crippen MR) is 133 cm³/mol. The van der Waals surface area contributed by atoms with Crippen molar-refractivity contribution >= 4 is 18.3 Å². The van der Waals surface area contributed by atoms with Gasteiger partial charge in [-0.1, -0.05) is 30.3 Å². The van der Waals surface area contributed by atoms with Crippen LogP contribution in [0, 0.1) is 5.92 Å². The van der Waals surface area contributed by atoms with E-state index >= 15 is 0 Å². The molecular formula is C27H31ClF6N2O2. The van der Waals surface area contributed by atoms with Gasteiger partial charge in [0.05, 0.1) is 23.3 Å². The fourth-order valence-corrected chi connectivity index (χ4v) is 5.20. The molecule has 0 aromatic heterocycles. The van der Waals surface area contributed by atoms with Crippen molar-refractivity contribution in [1.29, 1.82) is 0 Å². The number of benzene rings is 2. The Bertz CT molecular complexity index is 1040. The van der Waals surface area contributed by atoms with E-state index in [1.165, 1.54) is 6.92 Å². The summed E-state index contributed by atoms with van der Waals surface area (Å²) in [4.78, 5) is 15.0. The molecule has 2 aromatic rings. The van der Waals surface area contributed by atoms with E-state index in [0.29, 0.717) is 31.6 Å². The zero-order valence-corrected chi connectivity index (χ0v) is 21.6. The number of nitrogens with zero attached hydrogens (tertiary/aromatic N) is 1. The number of rotatable bonds is 5. The second-order valence-electron chi connectivity index (χ2n) is 9.77. The average Bonchev–Trinajstić information content (AvgIpc) is 2.88. The number of piperidine rings is 2. The minimum Gasteiger partial charge on any atom is -0.370 e. The van der Waals surface area contributed by atoms with Gasteiger partial charge in [0, 0.05) is 24.9 Å². The molecule has 0 aliphatic carbocycles. The van der Waals surface area contributed by atoms with E-state index in [2.05, 4.69) is 5.32 Å². The molecule has 3 atom stereocenters. The Labute approximate surface area is 224 Å². The molecule has 2 fully saturated rings. The Hall–Kier alpha value is -2.30. The minimum absolute atomic E-state index is 0. The highest BCUT2D eigenvalue weighted by atomic mass is 35.5. The molecule has 1 N–H and O–H groups in total. The van der Waals surface area contributed by atoms with Gasteiger partial charge in [-0.3, -0.25) is 4.79 Å². The van der Waals surface area contributed by atoms with E-state index in [0.717, 1.165) is 31.5 Å².